The summed E-state index contributed by atoms with van der Waals surface area (Å²) in [6, 6.07) is 0. The number of hydrogen-bond acceptors (Lipinski definition) is 1. The zero-order valence-electron chi connectivity index (χ0n) is 10.6. The summed E-state index contributed by atoms with van der Waals surface area (Å²) < 4.78 is 12.4. The third-order valence-electron chi connectivity index (χ3n) is 3.15. The Morgan fingerprint density at radius 3 is 1.60 bits per heavy atom. The lowest BCUT2D eigenvalue weighted by Crippen LogP contribution is -2.10. The van der Waals surface area contributed by atoms with Crippen LogP contribution in [0, 0.1) is 0 Å². The molecule has 0 aromatic heterocycles. The minimum atomic E-state index is -2.46. The first-order chi connectivity index (χ1) is 6.96. The fourth-order valence-electron chi connectivity index (χ4n) is 1.79. The van der Waals surface area contributed by atoms with Crippen molar-refractivity contribution in [3.05, 3.63) is 0 Å². The fraction of sp³-hybridized carbons (Fsp3) is 1.00. The normalized spacial score (nSPS) is 19.5. The molecule has 0 aromatic rings. The second kappa shape index (κ2) is 7.74. The highest BCUT2D eigenvalue weighted by atomic mass is 35.7. The molecule has 92 valence electrons. The first-order valence-electron chi connectivity index (χ1n) is 6.25. The molecule has 0 saturated carbocycles. The van der Waals surface area contributed by atoms with Gasteiger partial charge in [-0.25, -0.2) is 0 Å². The van der Waals surface area contributed by atoms with Gasteiger partial charge in [0.1, 0.15) is 0 Å². The van der Waals surface area contributed by atoms with Gasteiger partial charge in [-0.15, -0.1) is 0 Å². The van der Waals surface area contributed by atoms with Gasteiger partial charge in [0.25, 0.3) is 0 Å². The smallest absolute Gasteiger partial charge is 0.174 e. The summed E-state index contributed by atoms with van der Waals surface area (Å²) in [6.07, 6.45) is 6.60. The molecule has 0 spiro atoms. The topological polar surface area (TPSA) is 17.1 Å². The van der Waals surface area contributed by atoms with Gasteiger partial charge in [0.2, 0.25) is 0 Å². The van der Waals surface area contributed by atoms with E-state index in [9.17, 15) is 4.57 Å². The lowest BCUT2D eigenvalue weighted by atomic mass is 10.2. The van der Waals surface area contributed by atoms with Crippen molar-refractivity contribution in [2.75, 3.05) is 0 Å². The van der Waals surface area contributed by atoms with Crippen LogP contribution >= 0.6 is 17.7 Å². The van der Waals surface area contributed by atoms with Crippen LogP contribution < -0.4 is 0 Å². The summed E-state index contributed by atoms with van der Waals surface area (Å²) in [5, 5.41) is 0. The molecule has 2 unspecified atom stereocenters. The van der Waals surface area contributed by atoms with Crippen LogP contribution in [0.15, 0.2) is 0 Å². The second-order valence-corrected chi connectivity index (χ2v) is 9.20. The summed E-state index contributed by atoms with van der Waals surface area (Å²) in [4.78, 5) is 0. The summed E-state index contributed by atoms with van der Waals surface area (Å²) >= 11 is 6.26. The number of unbranched alkanes of at least 4 members (excludes halogenated alkanes) is 2. The molecule has 15 heavy (non-hydrogen) atoms. The number of halogens is 1. The molecule has 0 fully saturated rings. The van der Waals surface area contributed by atoms with Gasteiger partial charge in [-0.2, -0.15) is 0 Å². The molecule has 0 saturated heterocycles. The van der Waals surface area contributed by atoms with Crippen LogP contribution in [0.4, 0.5) is 0 Å². The highest BCUT2D eigenvalue weighted by molar-refractivity contribution is 7.90. The fourth-order valence-corrected chi connectivity index (χ4v) is 4.31. The van der Waals surface area contributed by atoms with Crippen molar-refractivity contribution in [3.63, 3.8) is 0 Å². The third-order valence-corrected chi connectivity index (χ3v) is 8.07. The quantitative estimate of drug-likeness (QED) is 0.510. The zero-order valence-corrected chi connectivity index (χ0v) is 12.3. The second-order valence-electron chi connectivity index (χ2n) is 4.61. The first-order valence-corrected chi connectivity index (χ1v) is 9.00. The van der Waals surface area contributed by atoms with E-state index in [0.717, 1.165) is 38.5 Å². The van der Waals surface area contributed by atoms with Gasteiger partial charge in [0, 0.05) is 11.3 Å². The van der Waals surface area contributed by atoms with E-state index in [1.54, 1.807) is 0 Å². The third kappa shape index (κ3) is 5.41. The Hall–Kier alpha value is 0.520. The molecule has 0 aliphatic carbocycles. The molecule has 2 atom stereocenters. The Balaban J connectivity index is 4.18. The molecule has 1 nitrogen and oxygen atoms in total. The molecule has 0 aromatic carbocycles. The van der Waals surface area contributed by atoms with Crippen molar-refractivity contribution >= 4 is 17.7 Å². The van der Waals surface area contributed by atoms with Crippen LogP contribution in [0.5, 0.6) is 0 Å². The Morgan fingerprint density at radius 2 is 1.33 bits per heavy atom. The lowest BCUT2D eigenvalue weighted by molar-refractivity contribution is 0.551. The molecule has 0 aliphatic rings. The van der Waals surface area contributed by atoms with Crippen molar-refractivity contribution in [2.24, 2.45) is 0 Å². The van der Waals surface area contributed by atoms with Gasteiger partial charge >= 0.3 is 0 Å². The molecule has 0 N–H and O–H groups in total. The first kappa shape index (κ1) is 15.5. The van der Waals surface area contributed by atoms with E-state index in [-0.39, 0.29) is 11.3 Å². The Labute approximate surface area is 100 Å². The van der Waals surface area contributed by atoms with E-state index < -0.39 is 6.49 Å². The lowest BCUT2D eigenvalue weighted by Gasteiger charge is -2.24. The van der Waals surface area contributed by atoms with E-state index in [2.05, 4.69) is 13.8 Å². The maximum Gasteiger partial charge on any atom is 0.174 e. The van der Waals surface area contributed by atoms with Crippen molar-refractivity contribution < 1.29 is 4.57 Å². The maximum absolute atomic E-state index is 12.4. The van der Waals surface area contributed by atoms with Crippen LogP contribution in [0.25, 0.3) is 0 Å². The minimum Gasteiger partial charge on any atom is -0.306 e. The van der Waals surface area contributed by atoms with Gasteiger partial charge in [0.05, 0.1) is 0 Å². The molecule has 0 radical (unpaired) electrons. The summed E-state index contributed by atoms with van der Waals surface area (Å²) in [6.45, 7) is 5.95. The minimum absolute atomic E-state index is 0.186. The highest BCUT2D eigenvalue weighted by Gasteiger charge is 2.32. The van der Waals surface area contributed by atoms with Crippen molar-refractivity contribution in [1.29, 1.82) is 0 Å². The van der Waals surface area contributed by atoms with Gasteiger partial charge in [-0.1, -0.05) is 64.6 Å². The van der Waals surface area contributed by atoms with E-state index in [4.69, 9.17) is 11.2 Å². The van der Waals surface area contributed by atoms with Crippen LogP contribution in [-0.4, -0.2) is 11.3 Å². The van der Waals surface area contributed by atoms with Crippen LogP contribution in [0.3, 0.4) is 0 Å². The zero-order chi connectivity index (χ0) is 11.9. The number of hydrogen-bond donors (Lipinski definition) is 0. The Morgan fingerprint density at radius 1 is 1.00 bits per heavy atom. The summed E-state index contributed by atoms with van der Waals surface area (Å²) in [5.74, 6) is 0. The monoisotopic (exact) mass is 252 g/mol. The van der Waals surface area contributed by atoms with Crippen LogP contribution in [0.1, 0.15) is 66.2 Å². The van der Waals surface area contributed by atoms with Gasteiger partial charge in [-0.3, -0.25) is 0 Å². The molecule has 0 amide bonds. The maximum atomic E-state index is 12.4. The largest absolute Gasteiger partial charge is 0.306 e. The highest BCUT2D eigenvalue weighted by Crippen LogP contribution is 2.62. The summed E-state index contributed by atoms with van der Waals surface area (Å²) in [5.41, 5.74) is 0.372. The van der Waals surface area contributed by atoms with Crippen molar-refractivity contribution in [3.8, 4) is 0 Å². The molecule has 0 rings (SSSR count). The predicted molar refractivity (Wildman–Crippen MR) is 71.4 cm³/mol. The Kier molecular flexibility index (Phi) is 8.01. The van der Waals surface area contributed by atoms with Gasteiger partial charge < -0.3 is 4.57 Å². The number of rotatable bonds is 8. The van der Waals surface area contributed by atoms with E-state index in [1.807, 2.05) is 13.8 Å². The van der Waals surface area contributed by atoms with E-state index >= 15 is 0 Å². The average Bonchev–Trinajstić information content (AvgIpc) is 2.21. The predicted octanol–water partition coefficient (Wildman–Crippen LogP) is 5.66. The standard InChI is InChI=1S/C12H26ClOP/c1-5-7-9-11(3)15(13,14)12(4)10-8-6-2/h11-12H,5-10H2,1-4H3. The van der Waals surface area contributed by atoms with Crippen LogP contribution in [-0.2, 0) is 4.57 Å². The summed E-state index contributed by atoms with van der Waals surface area (Å²) in [7, 11) is 0. The van der Waals surface area contributed by atoms with Crippen molar-refractivity contribution in [1.82, 2.24) is 0 Å². The average molecular weight is 253 g/mol. The SMILES string of the molecule is CCCCC(C)P(=O)(Cl)C(C)CCCC. The molecule has 0 aliphatic heterocycles. The molecular formula is C12H26ClOP. The van der Waals surface area contributed by atoms with Crippen molar-refractivity contribution in [2.45, 2.75) is 77.5 Å². The van der Waals surface area contributed by atoms with Gasteiger partial charge in [-0.05, 0) is 12.8 Å². The molecule has 0 heterocycles. The van der Waals surface area contributed by atoms with E-state index in [1.165, 1.54) is 0 Å². The van der Waals surface area contributed by atoms with E-state index in [0.29, 0.717) is 0 Å². The molecule has 3 heteroatoms. The van der Waals surface area contributed by atoms with Crippen LogP contribution in [0.2, 0.25) is 0 Å². The Bertz CT molecular complexity index is 188. The molecular weight excluding hydrogens is 227 g/mol. The van der Waals surface area contributed by atoms with Gasteiger partial charge in [0.15, 0.2) is 6.49 Å². The molecule has 0 bridgehead atoms.